The van der Waals surface area contributed by atoms with E-state index >= 15 is 0 Å². The number of amides is 1. The van der Waals surface area contributed by atoms with Crippen molar-refractivity contribution in [1.82, 2.24) is 0 Å². The first-order valence-corrected chi connectivity index (χ1v) is 6.87. The molecule has 0 spiro atoms. The van der Waals surface area contributed by atoms with Gasteiger partial charge in [0.05, 0.1) is 11.6 Å². The molecule has 20 heavy (non-hydrogen) atoms. The fourth-order valence-electron chi connectivity index (χ4n) is 1.51. The van der Waals surface area contributed by atoms with Crippen LogP contribution in [0.5, 0.6) is 5.75 Å². The zero-order valence-corrected chi connectivity index (χ0v) is 12.6. The van der Waals surface area contributed by atoms with Crippen molar-refractivity contribution in [2.24, 2.45) is 5.73 Å². The van der Waals surface area contributed by atoms with E-state index < -0.39 is 0 Å². The van der Waals surface area contributed by atoms with E-state index in [9.17, 15) is 4.79 Å². The zero-order valence-electron chi connectivity index (χ0n) is 11.8. The van der Waals surface area contributed by atoms with Crippen LogP contribution in [0.4, 0.5) is 5.69 Å². The summed E-state index contributed by atoms with van der Waals surface area (Å²) in [5.74, 6) is 0.490. The summed E-state index contributed by atoms with van der Waals surface area (Å²) in [5, 5.41) is 3.22. The Balaban J connectivity index is 2.52. The highest BCUT2D eigenvalue weighted by Crippen LogP contribution is 2.27. The molecule has 0 aliphatic heterocycles. The van der Waals surface area contributed by atoms with Gasteiger partial charge in [0.1, 0.15) is 12.4 Å². The Morgan fingerprint density at radius 1 is 1.45 bits per heavy atom. The Labute approximate surface area is 124 Å². The van der Waals surface area contributed by atoms with Crippen molar-refractivity contribution < 1.29 is 14.3 Å². The molecular weight excluding hydrogens is 280 g/mol. The lowest BCUT2D eigenvalue weighted by Crippen LogP contribution is -2.19. The molecule has 1 unspecified atom stereocenters. The van der Waals surface area contributed by atoms with E-state index in [1.807, 2.05) is 6.92 Å². The second-order valence-electron chi connectivity index (χ2n) is 4.55. The first kappa shape index (κ1) is 16.8. The number of carbonyl (C=O) groups is 1. The van der Waals surface area contributed by atoms with Crippen LogP contribution in [0.2, 0.25) is 5.02 Å². The highest BCUT2D eigenvalue weighted by molar-refractivity contribution is 6.32. The van der Waals surface area contributed by atoms with E-state index in [1.54, 1.807) is 25.3 Å². The minimum Gasteiger partial charge on any atom is -0.490 e. The molecular formula is C14H21ClN2O3. The Morgan fingerprint density at radius 2 is 2.20 bits per heavy atom. The Kier molecular flexibility index (Phi) is 7.36. The van der Waals surface area contributed by atoms with E-state index in [-0.39, 0.29) is 11.9 Å². The SMILES string of the molecule is COCCOc1ccc(NC(=O)CCC(C)N)cc1Cl. The molecule has 0 aromatic heterocycles. The fourth-order valence-corrected chi connectivity index (χ4v) is 1.75. The van der Waals surface area contributed by atoms with Gasteiger partial charge in [-0.15, -0.1) is 0 Å². The van der Waals surface area contributed by atoms with Gasteiger partial charge >= 0.3 is 0 Å². The van der Waals surface area contributed by atoms with Crippen LogP contribution in [-0.4, -0.2) is 32.3 Å². The topological polar surface area (TPSA) is 73.6 Å². The lowest BCUT2D eigenvalue weighted by Gasteiger charge is -2.10. The maximum absolute atomic E-state index is 11.7. The minimum absolute atomic E-state index is 0.0147. The van der Waals surface area contributed by atoms with Crippen molar-refractivity contribution in [3.63, 3.8) is 0 Å². The first-order chi connectivity index (χ1) is 9.52. The number of benzene rings is 1. The van der Waals surface area contributed by atoms with Crippen molar-refractivity contribution in [1.29, 1.82) is 0 Å². The summed E-state index contributed by atoms with van der Waals surface area (Å²) in [6.07, 6.45) is 1.04. The summed E-state index contributed by atoms with van der Waals surface area (Å²) >= 11 is 6.08. The number of methoxy groups -OCH3 is 1. The highest BCUT2D eigenvalue weighted by Gasteiger charge is 2.07. The van der Waals surface area contributed by atoms with Crippen LogP contribution < -0.4 is 15.8 Å². The van der Waals surface area contributed by atoms with Crippen LogP contribution in [0.3, 0.4) is 0 Å². The molecule has 1 rings (SSSR count). The predicted molar refractivity (Wildman–Crippen MR) is 80.3 cm³/mol. The van der Waals surface area contributed by atoms with Gasteiger partial charge in [0.25, 0.3) is 0 Å². The van der Waals surface area contributed by atoms with Crippen LogP contribution in [-0.2, 0) is 9.53 Å². The zero-order chi connectivity index (χ0) is 15.0. The minimum atomic E-state index is -0.0774. The fraction of sp³-hybridized carbons (Fsp3) is 0.500. The van der Waals surface area contributed by atoms with Crippen LogP contribution in [0.15, 0.2) is 18.2 Å². The molecule has 1 atom stereocenters. The van der Waals surface area contributed by atoms with Crippen molar-refractivity contribution in [3.8, 4) is 5.75 Å². The molecule has 0 saturated carbocycles. The maximum atomic E-state index is 11.7. The molecule has 0 fully saturated rings. The van der Waals surface area contributed by atoms with Crippen molar-refractivity contribution in [2.45, 2.75) is 25.8 Å². The van der Waals surface area contributed by atoms with Gasteiger partial charge in [0, 0.05) is 25.3 Å². The molecule has 6 heteroatoms. The van der Waals surface area contributed by atoms with E-state index in [0.717, 1.165) is 0 Å². The molecule has 0 aliphatic carbocycles. The summed E-state index contributed by atoms with van der Waals surface area (Å²) in [4.78, 5) is 11.7. The number of hydrogen-bond donors (Lipinski definition) is 2. The number of nitrogens with one attached hydrogen (secondary N) is 1. The number of anilines is 1. The molecule has 1 aromatic carbocycles. The summed E-state index contributed by atoms with van der Waals surface area (Å²) in [7, 11) is 1.60. The smallest absolute Gasteiger partial charge is 0.224 e. The van der Waals surface area contributed by atoms with Crippen molar-refractivity contribution >= 4 is 23.2 Å². The second-order valence-corrected chi connectivity index (χ2v) is 4.96. The highest BCUT2D eigenvalue weighted by atomic mass is 35.5. The van der Waals surface area contributed by atoms with Gasteiger partial charge in [-0.1, -0.05) is 11.6 Å². The van der Waals surface area contributed by atoms with Crippen molar-refractivity contribution in [3.05, 3.63) is 23.2 Å². The lowest BCUT2D eigenvalue weighted by molar-refractivity contribution is -0.116. The average Bonchev–Trinajstić information content (AvgIpc) is 2.39. The number of carbonyl (C=O) groups excluding carboxylic acids is 1. The third-order valence-corrected chi connectivity index (χ3v) is 2.88. The monoisotopic (exact) mass is 300 g/mol. The Morgan fingerprint density at radius 3 is 2.80 bits per heavy atom. The molecule has 1 aromatic rings. The van der Waals surface area contributed by atoms with Crippen LogP contribution >= 0.6 is 11.6 Å². The van der Waals surface area contributed by atoms with Gasteiger partial charge in [-0.2, -0.15) is 0 Å². The van der Waals surface area contributed by atoms with Gasteiger partial charge in [0.15, 0.2) is 0 Å². The molecule has 1 amide bonds. The molecule has 0 aliphatic rings. The van der Waals surface area contributed by atoms with Gasteiger partial charge in [0.2, 0.25) is 5.91 Å². The second kappa shape index (κ2) is 8.79. The van der Waals surface area contributed by atoms with E-state index in [4.69, 9.17) is 26.8 Å². The Bertz CT molecular complexity index is 438. The number of nitrogens with two attached hydrogens (primary N) is 1. The number of halogens is 1. The molecule has 0 radical (unpaired) electrons. The lowest BCUT2D eigenvalue weighted by atomic mass is 10.2. The molecule has 3 N–H and O–H groups in total. The summed E-state index contributed by atoms with van der Waals surface area (Å²) in [6.45, 7) is 2.79. The first-order valence-electron chi connectivity index (χ1n) is 6.49. The average molecular weight is 301 g/mol. The van der Waals surface area contributed by atoms with E-state index in [1.165, 1.54) is 0 Å². The molecule has 0 heterocycles. The van der Waals surface area contributed by atoms with E-state index in [0.29, 0.717) is 42.5 Å². The number of hydrogen-bond acceptors (Lipinski definition) is 4. The van der Waals surface area contributed by atoms with Gasteiger partial charge in [-0.05, 0) is 31.5 Å². The predicted octanol–water partition coefficient (Wildman–Crippen LogP) is 2.43. The normalized spacial score (nSPS) is 12.0. The summed E-state index contributed by atoms with van der Waals surface area (Å²) < 4.78 is 10.3. The van der Waals surface area contributed by atoms with E-state index in [2.05, 4.69) is 5.32 Å². The quantitative estimate of drug-likeness (QED) is 0.723. The molecule has 0 bridgehead atoms. The Hall–Kier alpha value is -1.30. The molecule has 112 valence electrons. The van der Waals surface area contributed by atoms with Gasteiger partial charge in [-0.3, -0.25) is 4.79 Å². The maximum Gasteiger partial charge on any atom is 0.224 e. The van der Waals surface area contributed by atoms with Crippen LogP contribution in [0.25, 0.3) is 0 Å². The number of ether oxygens (including phenoxy) is 2. The molecule has 0 saturated heterocycles. The largest absolute Gasteiger partial charge is 0.490 e. The third kappa shape index (κ3) is 6.23. The van der Waals surface area contributed by atoms with Crippen molar-refractivity contribution in [2.75, 3.05) is 25.6 Å². The third-order valence-electron chi connectivity index (χ3n) is 2.59. The van der Waals surface area contributed by atoms with Gasteiger partial charge < -0.3 is 20.5 Å². The summed E-state index contributed by atoms with van der Waals surface area (Å²) in [5.41, 5.74) is 6.25. The summed E-state index contributed by atoms with van der Waals surface area (Å²) in [6, 6.07) is 5.14. The van der Waals surface area contributed by atoms with Crippen LogP contribution in [0.1, 0.15) is 19.8 Å². The molecule has 5 nitrogen and oxygen atoms in total. The number of rotatable bonds is 8. The van der Waals surface area contributed by atoms with Gasteiger partial charge in [-0.25, -0.2) is 0 Å². The van der Waals surface area contributed by atoms with Crippen LogP contribution in [0, 0.1) is 0 Å². The standard InChI is InChI=1S/C14H21ClN2O3/c1-10(16)3-6-14(18)17-11-4-5-13(12(15)9-11)20-8-7-19-2/h4-5,9-10H,3,6-8,16H2,1-2H3,(H,17,18).